The summed E-state index contributed by atoms with van der Waals surface area (Å²) in [5.41, 5.74) is 1.80. The van der Waals surface area contributed by atoms with Crippen molar-refractivity contribution in [2.24, 2.45) is 0 Å². The van der Waals surface area contributed by atoms with E-state index in [2.05, 4.69) is 10.4 Å². The SMILES string of the molecule is Cc1ccc(-n2ncc3c(C(=O)NCc4cccc(C(F)(F)F)c4)c[n+]([O-])cc32)cc1. The van der Waals surface area contributed by atoms with E-state index < -0.39 is 17.6 Å². The molecular weight excluding hydrogens is 409 g/mol. The highest BCUT2D eigenvalue weighted by Gasteiger charge is 2.30. The molecule has 0 radical (unpaired) electrons. The fourth-order valence-corrected chi connectivity index (χ4v) is 3.25. The first kappa shape index (κ1) is 20.4. The minimum atomic E-state index is -4.47. The van der Waals surface area contributed by atoms with Crippen LogP contribution in [0.5, 0.6) is 0 Å². The number of aromatic nitrogens is 3. The number of hydrogen-bond donors (Lipinski definition) is 1. The molecule has 0 saturated carbocycles. The summed E-state index contributed by atoms with van der Waals surface area (Å²) in [4.78, 5) is 12.7. The molecule has 0 saturated heterocycles. The minimum absolute atomic E-state index is 0.0813. The van der Waals surface area contributed by atoms with Crippen LogP contribution < -0.4 is 10.0 Å². The first-order chi connectivity index (χ1) is 14.7. The van der Waals surface area contributed by atoms with E-state index in [1.807, 2.05) is 31.2 Å². The molecule has 31 heavy (non-hydrogen) atoms. The molecule has 9 heteroatoms. The molecule has 0 atom stereocenters. The Morgan fingerprint density at radius 2 is 1.90 bits per heavy atom. The molecule has 0 aliphatic heterocycles. The number of carbonyl (C=O) groups is 1. The molecule has 158 valence electrons. The fourth-order valence-electron chi connectivity index (χ4n) is 3.25. The smallest absolute Gasteiger partial charge is 0.416 e. The second kappa shape index (κ2) is 7.75. The van der Waals surface area contributed by atoms with Crippen LogP contribution in [-0.4, -0.2) is 15.7 Å². The zero-order valence-corrected chi connectivity index (χ0v) is 16.3. The molecule has 0 aliphatic carbocycles. The summed E-state index contributed by atoms with van der Waals surface area (Å²) < 4.78 is 40.7. The Hall–Kier alpha value is -3.88. The molecule has 1 N–H and O–H groups in total. The number of benzene rings is 2. The molecular formula is C22H17F3N4O2. The lowest BCUT2D eigenvalue weighted by atomic mass is 10.1. The number of nitrogens with zero attached hydrogens (tertiary/aromatic N) is 3. The van der Waals surface area contributed by atoms with Crippen molar-refractivity contribution in [1.82, 2.24) is 15.1 Å². The Balaban J connectivity index is 1.62. The average molecular weight is 426 g/mol. The first-order valence-electron chi connectivity index (χ1n) is 9.34. The van der Waals surface area contributed by atoms with Crippen molar-refractivity contribution in [3.05, 3.63) is 94.6 Å². The molecule has 2 aromatic heterocycles. The van der Waals surface area contributed by atoms with E-state index >= 15 is 0 Å². The van der Waals surface area contributed by atoms with Crippen LogP contribution >= 0.6 is 0 Å². The summed E-state index contributed by atoms with van der Waals surface area (Å²) in [5.74, 6) is -0.587. The number of carbonyl (C=O) groups excluding carboxylic acids is 1. The van der Waals surface area contributed by atoms with Crippen LogP contribution in [0, 0.1) is 12.1 Å². The van der Waals surface area contributed by atoms with E-state index in [0.29, 0.717) is 21.2 Å². The maximum Gasteiger partial charge on any atom is 0.416 e. The van der Waals surface area contributed by atoms with Crippen LogP contribution in [0.2, 0.25) is 0 Å². The van der Waals surface area contributed by atoms with Crippen molar-refractivity contribution in [3.8, 4) is 5.69 Å². The Morgan fingerprint density at radius 1 is 1.16 bits per heavy atom. The van der Waals surface area contributed by atoms with Crippen molar-refractivity contribution < 1.29 is 22.7 Å². The van der Waals surface area contributed by atoms with E-state index in [1.54, 1.807) is 4.68 Å². The maximum atomic E-state index is 12.9. The van der Waals surface area contributed by atoms with Gasteiger partial charge in [0.25, 0.3) is 5.91 Å². The third kappa shape index (κ3) is 4.20. The van der Waals surface area contributed by atoms with E-state index in [-0.39, 0.29) is 12.1 Å². The van der Waals surface area contributed by atoms with Crippen LogP contribution in [-0.2, 0) is 12.7 Å². The van der Waals surface area contributed by atoms with Gasteiger partial charge in [0.2, 0.25) is 6.20 Å². The fraction of sp³-hybridized carbons (Fsp3) is 0.136. The summed E-state index contributed by atoms with van der Waals surface area (Å²) in [5, 5.41) is 19.5. The lowest BCUT2D eigenvalue weighted by Gasteiger charge is -2.10. The molecule has 2 aromatic carbocycles. The van der Waals surface area contributed by atoms with Gasteiger partial charge in [0, 0.05) is 11.9 Å². The van der Waals surface area contributed by atoms with Crippen LogP contribution in [0.3, 0.4) is 0 Å². The molecule has 6 nitrogen and oxygen atoms in total. The Bertz CT molecular complexity index is 1260. The molecule has 0 bridgehead atoms. The van der Waals surface area contributed by atoms with Gasteiger partial charge in [-0.3, -0.25) is 4.79 Å². The number of hydrogen-bond acceptors (Lipinski definition) is 3. The molecule has 2 heterocycles. The number of halogens is 3. The molecule has 1 amide bonds. The Labute approximate surface area is 175 Å². The topological polar surface area (TPSA) is 73.9 Å². The van der Waals surface area contributed by atoms with Crippen molar-refractivity contribution in [3.63, 3.8) is 0 Å². The van der Waals surface area contributed by atoms with Gasteiger partial charge in [0.15, 0.2) is 6.20 Å². The standard InChI is InChI=1S/C22H17F3N4O2/c1-14-5-7-17(8-6-14)29-20-13-28(31)12-19(18(20)11-27-29)21(30)26-10-15-3-2-4-16(9-15)22(23,24)25/h2-9,11-13H,10H2,1H3,(H,26,30). The minimum Gasteiger partial charge on any atom is -0.619 e. The summed E-state index contributed by atoms with van der Waals surface area (Å²) in [7, 11) is 0. The van der Waals surface area contributed by atoms with E-state index in [9.17, 15) is 23.2 Å². The van der Waals surface area contributed by atoms with Gasteiger partial charge in [0.1, 0.15) is 11.1 Å². The molecule has 4 aromatic rings. The third-order valence-corrected chi connectivity index (χ3v) is 4.83. The van der Waals surface area contributed by atoms with Gasteiger partial charge in [-0.25, -0.2) is 4.68 Å². The molecule has 4 rings (SSSR count). The lowest BCUT2D eigenvalue weighted by molar-refractivity contribution is -0.604. The second-order valence-electron chi connectivity index (χ2n) is 7.10. The predicted molar refractivity (Wildman–Crippen MR) is 107 cm³/mol. The van der Waals surface area contributed by atoms with Crippen LogP contribution in [0.15, 0.2) is 67.1 Å². The number of pyridine rings is 1. The predicted octanol–water partition coefficient (Wildman–Crippen LogP) is 3.92. The van der Waals surface area contributed by atoms with Crippen molar-refractivity contribution in [2.75, 3.05) is 0 Å². The van der Waals surface area contributed by atoms with Crippen molar-refractivity contribution in [1.29, 1.82) is 0 Å². The molecule has 0 fully saturated rings. The number of nitrogens with one attached hydrogen (secondary N) is 1. The molecule has 0 aliphatic rings. The van der Waals surface area contributed by atoms with Crippen LogP contribution in [0.25, 0.3) is 16.6 Å². The van der Waals surface area contributed by atoms with E-state index in [1.165, 1.54) is 24.5 Å². The summed E-state index contributed by atoms with van der Waals surface area (Å²) in [6.45, 7) is 1.83. The molecule has 0 unspecified atom stereocenters. The van der Waals surface area contributed by atoms with Crippen molar-refractivity contribution in [2.45, 2.75) is 19.6 Å². The van der Waals surface area contributed by atoms with Gasteiger partial charge in [-0.05, 0) is 36.8 Å². The van der Waals surface area contributed by atoms with Gasteiger partial charge in [0.05, 0.1) is 17.4 Å². The second-order valence-corrected chi connectivity index (χ2v) is 7.10. The summed E-state index contributed by atoms with van der Waals surface area (Å²) in [6, 6.07) is 12.2. The van der Waals surface area contributed by atoms with Crippen molar-refractivity contribution >= 4 is 16.8 Å². The number of amides is 1. The maximum absolute atomic E-state index is 12.9. The highest BCUT2D eigenvalue weighted by atomic mass is 19.4. The van der Waals surface area contributed by atoms with Gasteiger partial charge < -0.3 is 10.5 Å². The Kier molecular flexibility index (Phi) is 5.10. The number of fused-ring (bicyclic) bond motifs is 1. The summed E-state index contributed by atoms with van der Waals surface area (Å²) >= 11 is 0. The van der Waals surface area contributed by atoms with E-state index in [4.69, 9.17) is 0 Å². The van der Waals surface area contributed by atoms with Crippen LogP contribution in [0.1, 0.15) is 27.0 Å². The number of rotatable bonds is 4. The van der Waals surface area contributed by atoms with Gasteiger partial charge in [-0.15, -0.1) is 0 Å². The lowest BCUT2D eigenvalue weighted by Crippen LogP contribution is -2.30. The zero-order chi connectivity index (χ0) is 22.2. The quantitative estimate of drug-likeness (QED) is 0.397. The average Bonchev–Trinajstić information content (AvgIpc) is 3.15. The third-order valence-electron chi connectivity index (χ3n) is 4.83. The van der Waals surface area contributed by atoms with Crippen LogP contribution in [0.4, 0.5) is 13.2 Å². The van der Waals surface area contributed by atoms with Gasteiger partial charge in [-0.2, -0.15) is 23.0 Å². The van der Waals surface area contributed by atoms with E-state index in [0.717, 1.165) is 29.6 Å². The normalized spacial score (nSPS) is 11.6. The zero-order valence-electron chi connectivity index (χ0n) is 16.3. The van der Waals surface area contributed by atoms with Gasteiger partial charge >= 0.3 is 6.18 Å². The number of alkyl halides is 3. The molecule has 0 spiro atoms. The Morgan fingerprint density at radius 3 is 2.61 bits per heavy atom. The number of aryl methyl sites for hydroxylation is 1. The monoisotopic (exact) mass is 426 g/mol. The first-order valence-corrected chi connectivity index (χ1v) is 9.34. The highest BCUT2D eigenvalue weighted by molar-refractivity contribution is 6.05. The summed E-state index contributed by atoms with van der Waals surface area (Å²) in [6.07, 6.45) is -0.560. The largest absolute Gasteiger partial charge is 0.619 e. The van der Waals surface area contributed by atoms with Gasteiger partial charge in [-0.1, -0.05) is 29.8 Å². The highest BCUT2D eigenvalue weighted by Crippen LogP contribution is 2.29.